The quantitative estimate of drug-likeness (QED) is 0.784. The molecule has 2 aromatic rings. The number of ether oxygens (including phenoxy) is 1. The summed E-state index contributed by atoms with van der Waals surface area (Å²) < 4.78 is 19.5. The maximum atomic E-state index is 13.0. The van der Waals surface area contributed by atoms with Crippen molar-refractivity contribution in [2.24, 2.45) is 0 Å². The Morgan fingerprint density at radius 1 is 1.19 bits per heavy atom. The number of rotatable bonds is 6. The van der Waals surface area contributed by atoms with Crippen LogP contribution in [-0.4, -0.2) is 12.5 Å². The van der Waals surface area contributed by atoms with Crippen molar-refractivity contribution in [3.8, 4) is 5.75 Å². The monoisotopic (exact) mass is 351 g/mol. The highest BCUT2D eigenvalue weighted by molar-refractivity contribution is 9.10. The molecule has 5 heteroatoms. The van der Waals surface area contributed by atoms with E-state index < -0.39 is 0 Å². The van der Waals surface area contributed by atoms with E-state index in [9.17, 15) is 9.18 Å². The van der Waals surface area contributed by atoms with Crippen LogP contribution in [0.3, 0.4) is 0 Å². The van der Waals surface area contributed by atoms with Crippen molar-refractivity contribution in [1.82, 2.24) is 0 Å². The molecule has 0 radical (unpaired) electrons. The third kappa shape index (κ3) is 5.55. The number of amides is 1. The van der Waals surface area contributed by atoms with Gasteiger partial charge in [-0.1, -0.05) is 28.1 Å². The molecule has 0 fully saturated rings. The van der Waals surface area contributed by atoms with E-state index in [-0.39, 0.29) is 11.7 Å². The Balaban J connectivity index is 1.70. The Labute approximate surface area is 131 Å². The minimum Gasteiger partial charge on any atom is -0.494 e. The number of anilines is 1. The largest absolute Gasteiger partial charge is 0.494 e. The van der Waals surface area contributed by atoms with Crippen molar-refractivity contribution in [3.63, 3.8) is 0 Å². The van der Waals surface area contributed by atoms with Gasteiger partial charge in [-0.2, -0.15) is 0 Å². The van der Waals surface area contributed by atoms with E-state index in [1.807, 2.05) is 24.3 Å². The van der Waals surface area contributed by atoms with Crippen molar-refractivity contribution in [1.29, 1.82) is 0 Å². The highest BCUT2D eigenvalue weighted by atomic mass is 79.9. The Bertz CT molecular complexity index is 619. The third-order valence-corrected chi connectivity index (χ3v) is 3.21. The summed E-state index contributed by atoms with van der Waals surface area (Å²) in [6.07, 6.45) is 0.915. The highest BCUT2D eigenvalue weighted by Gasteiger charge is 2.03. The van der Waals surface area contributed by atoms with Crippen LogP contribution in [0.1, 0.15) is 12.8 Å². The van der Waals surface area contributed by atoms with Crippen molar-refractivity contribution >= 4 is 27.5 Å². The average Bonchev–Trinajstić information content (AvgIpc) is 2.44. The lowest BCUT2D eigenvalue weighted by Crippen LogP contribution is -2.12. The molecule has 110 valence electrons. The Morgan fingerprint density at radius 3 is 2.76 bits per heavy atom. The average molecular weight is 352 g/mol. The molecule has 2 aromatic carbocycles. The first-order valence-electron chi connectivity index (χ1n) is 6.57. The molecule has 21 heavy (non-hydrogen) atoms. The van der Waals surface area contributed by atoms with Crippen molar-refractivity contribution in [3.05, 3.63) is 58.8 Å². The molecule has 1 N–H and O–H groups in total. The fourth-order valence-corrected chi connectivity index (χ4v) is 2.15. The third-order valence-electron chi connectivity index (χ3n) is 2.72. The molecule has 3 nitrogen and oxygen atoms in total. The normalized spacial score (nSPS) is 10.2. The molecule has 0 unspecified atom stereocenters. The second-order valence-corrected chi connectivity index (χ2v) is 5.38. The second kappa shape index (κ2) is 7.78. The Morgan fingerprint density at radius 2 is 2.00 bits per heavy atom. The molecule has 0 heterocycles. The maximum Gasteiger partial charge on any atom is 0.224 e. The van der Waals surface area contributed by atoms with Gasteiger partial charge in [0.25, 0.3) is 0 Å². The van der Waals surface area contributed by atoms with Gasteiger partial charge in [-0.15, -0.1) is 0 Å². The smallest absolute Gasteiger partial charge is 0.224 e. The number of nitrogens with one attached hydrogen (secondary N) is 1. The topological polar surface area (TPSA) is 38.3 Å². The van der Waals surface area contributed by atoms with E-state index in [0.717, 1.165) is 10.2 Å². The molecule has 2 rings (SSSR count). The number of hydrogen-bond acceptors (Lipinski definition) is 2. The van der Waals surface area contributed by atoms with Gasteiger partial charge in [-0.05, 0) is 42.8 Å². The van der Waals surface area contributed by atoms with Gasteiger partial charge in [0.1, 0.15) is 11.6 Å². The lowest BCUT2D eigenvalue weighted by molar-refractivity contribution is -0.116. The molecule has 1 amide bonds. The van der Waals surface area contributed by atoms with Crippen LogP contribution in [0.25, 0.3) is 0 Å². The van der Waals surface area contributed by atoms with Crippen molar-refractivity contribution < 1.29 is 13.9 Å². The minimum absolute atomic E-state index is 0.154. The first-order valence-corrected chi connectivity index (χ1v) is 7.36. The van der Waals surface area contributed by atoms with Crippen LogP contribution in [-0.2, 0) is 4.79 Å². The van der Waals surface area contributed by atoms with Gasteiger partial charge in [-0.25, -0.2) is 4.39 Å². The molecule has 0 aliphatic heterocycles. The van der Waals surface area contributed by atoms with Crippen LogP contribution in [0.15, 0.2) is 53.0 Å². The lowest BCUT2D eigenvalue weighted by atomic mass is 10.2. The van der Waals surface area contributed by atoms with Gasteiger partial charge in [0.15, 0.2) is 0 Å². The van der Waals surface area contributed by atoms with Gasteiger partial charge in [0, 0.05) is 16.6 Å². The number of carbonyl (C=O) groups excluding carboxylic acids is 1. The van der Waals surface area contributed by atoms with Gasteiger partial charge in [0.05, 0.1) is 6.61 Å². The standard InChI is InChI=1S/C16H15BrFNO2/c17-12-4-1-7-15(10-12)21-9-3-8-16(20)19-14-6-2-5-13(18)11-14/h1-2,4-7,10-11H,3,8-9H2,(H,19,20). The summed E-state index contributed by atoms with van der Waals surface area (Å²) in [6, 6.07) is 13.4. The maximum absolute atomic E-state index is 13.0. The van der Waals surface area contributed by atoms with Gasteiger partial charge >= 0.3 is 0 Å². The molecule has 0 spiro atoms. The molecule has 0 atom stereocenters. The zero-order valence-corrected chi connectivity index (χ0v) is 12.9. The Hall–Kier alpha value is -1.88. The first kappa shape index (κ1) is 15.5. The number of benzene rings is 2. The first-order chi connectivity index (χ1) is 10.1. The van der Waals surface area contributed by atoms with Crippen LogP contribution in [0.4, 0.5) is 10.1 Å². The molecule has 0 aliphatic rings. The Kier molecular flexibility index (Phi) is 5.75. The molecule has 0 saturated carbocycles. The number of carbonyl (C=O) groups is 1. The molecule has 0 aromatic heterocycles. The predicted molar refractivity (Wildman–Crippen MR) is 83.9 cm³/mol. The van der Waals surface area contributed by atoms with E-state index in [1.54, 1.807) is 12.1 Å². The summed E-state index contributed by atoms with van der Waals surface area (Å²) in [6.45, 7) is 0.451. The molecule has 0 bridgehead atoms. The van der Waals surface area contributed by atoms with Gasteiger partial charge in [0.2, 0.25) is 5.91 Å². The number of hydrogen-bond donors (Lipinski definition) is 1. The fourth-order valence-electron chi connectivity index (χ4n) is 1.77. The molecule has 0 saturated heterocycles. The molecular weight excluding hydrogens is 337 g/mol. The zero-order valence-electron chi connectivity index (χ0n) is 11.3. The summed E-state index contributed by atoms with van der Waals surface area (Å²) in [5, 5.41) is 2.65. The van der Waals surface area contributed by atoms with E-state index in [2.05, 4.69) is 21.2 Å². The fraction of sp³-hybridized carbons (Fsp3) is 0.188. The summed E-state index contributed by atoms with van der Waals surface area (Å²) in [5.74, 6) is 0.235. The van der Waals surface area contributed by atoms with Crippen LogP contribution >= 0.6 is 15.9 Å². The lowest BCUT2D eigenvalue weighted by Gasteiger charge is -2.07. The van der Waals surface area contributed by atoms with E-state index in [1.165, 1.54) is 12.1 Å². The summed E-state index contributed by atoms with van der Waals surface area (Å²) in [4.78, 5) is 11.7. The molecular formula is C16H15BrFNO2. The SMILES string of the molecule is O=C(CCCOc1cccc(Br)c1)Nc1cccc(F)c1. The minimum atomic E-state index is -0.370. The summed E-state index contributed by atoms with van der Waals surface area (Å²) >= 11 is 3.36. The van der Waals surface area contributed by atoms with Crippen LogP contribution < -0.4 is 10.1 Å². The van der Waals surface area contributed by atoms with Crippen LogP contribution in [0, 0.1) is 5.82 Å². The second-order valence-electron chi connectivity index (χ2n) is 4.47. The summed E-state index contributed by atoms with van der Waals surface area (Å²) in [7, 11) is 0. The van der Waals surface area contributed by atoms with Crippen molar-refractivity contribution in [2.45, 2.75) is 12.8 Å². The van der Waals surface area contributed by atoms with E-state index >= 15 is 0 Å². The van der Waals surface area contributed by atoms with Crippen molar-refractivity contribution in [2.75, 3.05) is 11.9 Å². The van der Waals surface area contributed by atoms with E-state index in [4.69, 9.17) is 4.74 Å². The highest BCUT2D eigenvalue weighted by Crippen LogP contribution is 2.18. The van der Waals surface area contributed by atoms with Crippen LogP contribution in [0.5, 0.6) is 5.75 Å². The number of halogens is 2. The van der Waals surface area contributed by atoms with Crippen LogP contribution in [0.2, 0.25) is 0 Å². The van der Waals surface area contributed by atoms with Gasteiger partial charge in [-0.3, -0.25) is 4.79 Å². The predicted octanol–water partition coefficient (Wildman–Crippen LogP) is 4.39. The molecule has 0 aliphatic carbocycles. The zero-order chi connectivity index (χ0) is 15.1. The summed E-state index contributed by atoms with van der Waals surface area (Å²) in [5.41, 5.74) is 0.466. The van der Waals surface area contributed by atoms with E-state index in [0.29, 0.717) is 25.1 Å². The van der Waals surface area contributed by atoms with Gasteiger partial charge < -0.3 is 10.1 Å².